The molecule has 0 aliphatic carbocycles. The molecule has 88 valence electrons. The normalized spacial score (nSPS) is 20.1. The fourth-order valence-corrected chi connectivity index (χ4v) is 2.84. The molecule has 2 rings (SSSR count). The number of nitrogens with one attached hydrogen (secondary N) is 1. The largest absolute Gasteiger partial charge is 0.487 e. The number of ether oxygens (including phenoxy) is 1. The second-order valence-corrected chi connectivity index (χ2v) is 5.37. The molecule has 1 aromatic rings. The van der Waals surface area contributed by atoms with Crippen LogP contribution in [-0.4, -0.2) is 28.6 Å². The molecule has 1 atom stereocenters. The van der Waals surface area contributed by atoms with Crippen LogP contribution < -0.4 is 10.1 Å². The lowest BCUT2D eigenvalue weighted by molar-refractivity contribution is 0.242. The second kappa shape index (κ2) is 5.43. The van der Waals surface area contributed by atoms with Crippen molar-refractivity contribution >= 4 is 17.6 Å². The first-order chi connectivity index (χ1) is 7.75. The van der Waals surface area contributed by atoms with E-state index in [9.17, 15) is 0 Å². The summed E-state index contributed by atoms with van der Waals surface area (Å²) in [4.78, 5) is 4.35. The molecule has 1 N–H and O–H groups in total. The molecule has 1 aromatic heterocycles. The Hall–Kier alpha value is -0.900. The number of aromatic nitrogens is 1. The lowest BCUT2D eigenvalue weighted by atomic mass is 10.2. The zero-order chi connectivity index (χ0) is 11.4. The van der Waals surface area contributed by atoms with E-state index in [0.29, 0.717) is 6.04 Å². The maximum Gasteiger partial charge on any atom is 0.169 e. The minimum atomic E-state index is 0.183. The molecular weight excluding hydrogens is 220 g/mol. The summed E-state index contributed by atoms with van der Waals surface area (Å²) < 4.78 is 5.72. The lowest BCUT2D eigenvalue weighted by Crippen LogP contribution is -2.20. The van der Waals surface area contributed by atoms with Crippen LogP contribution in [-0.2, 0) is 0 Å². The molecule has 1 aliphatic heterocycles. The van der Waals surface area contributed by atoms with Crippen LogP contribution in [0, 0.1) is 0 Å². The van der Waals surface area contributed by atoms with Crippen molar-refractivity contribution in [1.29, 1.82) is 0 Å². The second-order valence-electron chi connectivity index (χ2n) is 4.22. The van der Waals surface area contributed by atoms with Gasteiger partial charge in [0.2, 0.25) is 0 Å². The van der Waals surface area contributed by atoms with Gasteiger partial charge in [0.1, 0.15) is 0 Å². The Bertz CT molecular complexity index is 338. The minimum absolute atomic E-state index is 0.183. The predicted octanol–water partition coefficient (Wildman–Crippen LogP) is 2.79. The van der Waals surface area contributed by atoms with Gasteiger partial charge in [0, 0.05) is 18.0 Å². The van der Waals surface area contributed by atoms with Gasteiger partial charge in [-0.3, -0.25) is 0 Å². The van der Waals surface area contributed by atoms with Crippen molar-refractivity contribution in [3.63, 3.8) is 0 Å². The van der Waals surface area contributed by atoms with Crippen molar-refractivity contribution in [2.24, 2.45) is 0 Å². The van der Waals surface area contributed by atoms with Crippen LogP contribution >= 0.6 is 11.8 Å². The van der Waals surface area contributed by atoms with Crippen molar-refractivity contribution < 1.29 is 4.74 Å². The Morgan fingerprint density at radius 1 is 1.56 bits per heavy atom. The average molecular weight is 238 g/mol. The number of pyridine rings is 1. The first kappa shape index (κ1) is 11.6. The van der Waals surface area contributed by atoms with Crippen molar-refractivity contribution in [3.05, 3.63) is 18.3 Å². The smallest absolute Gasteiger partial charge is 0.169 e. The molecule has 0 amide bonds. The summed E-state index contributed by atoms with van der Waals surface area (Å²) in [5.74, 6) is 4.14. The average Bonchev–Trinajstić information content (AvgIpc) is 2.73. The number of anilines is 1. The topological polar surface area (TPSA) is 34.1 Å². The zero-order valence-electron chi connectivity index (χ0n) is 9.77. The van der Waals surface area contributed by atoms with Crippen molar-refractivity contribution in [2.75, 3.05) is 16.8 Å². The lowest BCUT2D eigenvalue weighted by Gasteiger charge is -2.17. The Labute approximate surface area is 101 Å². The van der Waals surface area contributed by atoms with Crippen LogP contribution in [0.15, 0.2) is 18.3 Å². The minimum Gasteiger partial charge on any atom is -0.487 e. The van der Waals surface area contributed by atoms with E-state index in [4.69, 9.17) is 4.74 Å². The van der Waals surface area contributed by atoms with E-state index in [1.54, 1.807) is 6.20 Å². The highest BCUT2D eigenvalue weighted by molar-refractivity contribution is 7.99. The standard InChI is InChI=1S/C12H18N2OS/c1-9(2)15-11-4-3-6-13-12(11)14-10-5-7-16-8-10/h3-4,6,9-10H,5,7-8H2,1-2H3,(H,13,14). The molecule has 0 spiro atoms. The molecule has 0 saturated carbocycles. The van der Waals surface area contributed by atoms with Gasteiger partial charge in [-0.2, -0.15) is 11.8 Å². The highest BCUT2D eigenvalue weighted by Gasteiger charge is 2.17. The summed E-state index contributed by atoms with van der Waals surface area (Å²) in [6.07, 6.45) is 3.20. The van der Waals surface area contributed by atoms with Gasteiger partial charge in [-0.15, -0.1) is 0 Å². The van der Waals surface area contributed by atoms with Crippen LogP contribution in [0.25, 0.3) is 0 Å². The van der Waals surface area contributed by atoms with E-state index in [-0.39, 0.29) is 6.10 Å². The molecule has 16 heavy (non-hydrogen) atoms. The quantitative estimate of drug-likeness (QED) is 0.874. The van der Waals surface area contributed by atoms with Crippen LogP contribution in [0.1, 0.15) is 20.3 Å². The fourth-order valence-electron chi connectivity index (χ4n) is 1.69. The molecule has 2 heterocycles. The number of hydrogen-bond donors (Lipinski definition) is 1. The number of thioether (sulfide) groups is 1. The molecule has 3 nitrogen and oxygen atoms in total. The van der Waals surface area contributed by atoms with Gasteiger partial charge in [0.05, 0.1) is 6.10 Å². The van der Waals surface area contributed by atoms with Crippen LogP contribution in [0.4, 0.5) is 5.82 Å². The Morgan fingerprint density at radius 3 is 3.12 bits per heavy atom. The molecular formula is C12H18N2OS. The maximum atomic E-state index is 5.72. The van der Waals surface area contributed by atoms with Gasteiger partial charge in [-0.05, 0) is 38.2 Å². The predicted molar refractivity (Wildman–Crippen MR) is 69.4 cm³/mol. The third-order valence-corrected chi connectivity index (χ3v) is 3.57. The van der Waals surface area contributed by atoms with Crippen LogP contribution in [0.2, 0.25) is 0 Å². The Kier molecular flexibility index (Phi) is 3.93. The van der Waals surface area contributed by atoms with Gasteiger partial charge >= 0.3 is 0 Å². The van der Waals surface area contributed by atoms with E-state index in [1.165, 1.54) is 12.2 Å². The van der Waals surface area contributed by atoms with Gasteiger partial charge in [-0.25, -0.2) is 4.98 Å². The van der Waals surface area contributed by atoms with Gasteiger partial charge in [0.25, 0.3) is 0 Å². The third kappa shape index (κ3) is 3.04. The molecule has 1 aliphatic rings. The van der Waals surface area contributed by atoms with Gasteiger partial charge in [0.15, 0.2) is 11.6 Å². The zero-order valence-corrected chi connectivity index (χ0v) is 10.6. The summed E-state index contributed by atoms with van der Waals surface area (Å²) in [6.45, 7) is 4.06. The first-order valence-electron chi connectivity index (χ1n) is 5.71. The number of nitrogens with zero attached hydrogens (tertiary/aromatic N) is 1. The van der Waals surface area contributed by atoms with E-state index in [2.05, 4.69) is 10.3 Å². The maximum absolute atomic E-state index is 5.72. The van der Waals surface area contributed by atoms with Crippen LogP contribution in [0.3, 0.4) is 0 Å². The molecule has 1 saturated heterocycles. The third-order valence-electron chi connectivity index (χ3n) is 2.40. The summed E-state index contributed by atoms with van der Waals surface area (Å²) in [7, 11) is 0. The van der Waals surface area contributed by atoms with Gasteiger partial charge in [-0.1, -0.05) is 0 Å². The van der Waals surface area contributed by atoms with Crippen molar-refractivity contribution in [3.8, 4) is 5.75 Å². The van der Waals surface area contributed by atoms with E-state index < -0.39 is 0 Å². The monoisotopic (exact) mass is 238 g/mol. The molecule has 0 bridgehead atoms. The molecule has 0 radical (unpaired) electrons. The SMILES string of the molecule is CC(C)Oc1cccnc1NC1CCSC1. The highest BCUT2D eigenvalue weighted by Crippen LogP contribution is 2.26. The number of rotatable bonds is 4. The highest BCUT2D eigenvalue weighted by atomic mass is 32.2. The molecule has 1 fully saturated rings. The summed E-state index contributed by atoms with van der Waals surface area (Å²) in [6, 6.07) is 4.42. The summed E-state index contributed by atoms with van der Waals surface area (Å²) in [5.41, 5.74) is 0. The Balaban J connectivity index is 2.06. The summed E-state index contributed by atoms with van der Waals surface area (Å²) >= 11 is 1.99. The van der Waals surface area contributed by atoms with E-state index in [1.807, 2.05) is 37.7 Å². The fraction of sp³-hybridized carbons (Fsp3) is 0.583. The first-order valence-corrected chi connectivity index (χ1v) is 6.87. The van der Waals surface area contributed by atoms with E-state index in [0.717, 1.165) is 17.3 Å². The molecule has 1 unspecified atom stereocenters. The van der Waals surface area contributed by atoms with Crippen LogP contribution in [0.5, 0.6) is 5.75 Å². The molecule has 0 aromatic carbocycles. The Morgan fingerprint density at radius 2 is 2.44 bits per heavy atom. The van der Waals surface area contributed by atoms with Crippen molar-refractivity contribution in [2.45, 2.75) is 32.4 Å². The van der Waals surface area contributed by atoms with Gasteiger partial charge < -0.3 is 10.1 Å². The number of hydrogen-bond acceptors (Lipinski definition) is 4. The van der Waals surface area contributed by atoms with Crippen molar-refractivity contribution in [1.82, 2.24) is 4.98 Å². The molecule has 4 heteroatoms. The van der Waals surface area contributed by atoms with E-state index >= 15 is 0 Å². The summed E-state index contributed by atoms with van der Waals surface area (Å²) in [5, 5.41) is 3.46.